The summed E-state index contributed by atoms with van der Waals surface area (Å²) in [5.41, 5.74) is 6.10. The maximum Gasteiger partial charge on any atom is 0.172 e. The van der Waals surface area contributed by atoms with E-state index in [1.165, 1.54) is 0 Å². The maximum absolute atomic E-state index is 7.53. The van der Waals surface area contributed by atoms with Gasteiger partial charge in [0, 0.05) is 6.54 Å². The zero-order chi connectivity index (χ0) is 13.5. The van der Waals surface area contributed by atoms with Gasteiger partial charge in [0.05, 0.1) is 19.3 Å². The third kappa shape index (κ3) is 5.36. The van der Waals surface area contributed by atoms with E-state index in [1.807, 2.05) is 14.1 Å². The fraction of sp³-hybridized carbons (Fsp3) is 0.462. The zero-order valence-electron chi connectivity index (χ0n) is 11.6. The van der Waals surface area contributed by atoms with Gasteiger partial charge in [0.25, 0.3) is 0 Å². The Morgan fingerprint density at radius 1 is 1.37 bits per heavy atom. The first-order chi connectivity index (χ1) is 8.56. The number of nitrogens with one attached hydrogen (secondary N) is 1. The average Bonchev–Trinajstić information content (AvgIpc) is 2.33. The van der Waals surface area contributed by atoms with Crippen LogP contribution in [0.25, 0.3) is 0 Å². The number of benzene rings is 1. The molecule has 1 aromatic carbocycles. The summed E-state index contributed by atoms with van der Waals surface area (Å²) in [6.07, 6.45) is 0.905. The van der Waals surface area contributed by atoms with Crippen molar-refractivity contribution in [3.05, 3.63) is 23.8 Å². The standard InChI is InChI=1S/C13H21N3O2.ClH/c1-16(2)8-5-9-18-12-10(13(14)15)6-4-7-11(12)17-3;/h4,6-7H,5,8-9H2,1-3H3,(H3,14,15);1H. The van der Waals surface area contributed by atoms with Crippen LogP contribution in [0.4, 0.5) is 0 Å². The van der Waals surface area contributed by atoms with E-state index in [2.05, 4.69) is 4.90 Å². The monoisotopic (exact) mass is 287 g/mol. The second kappa shape index (κ2) is 8.61. The van der Waals surface area contributed by atoms with E-state index in [4.69, 9.17) is 20.6 Å². The molecule has 0 fully saturated rings. The van der Waals surface area contributed by atoms with Crippen molar-refractivity contribution in [2.45, 2.75) is 6.42 Å². The van der Waals surface area contributed by atoms with Gasteiger partial charge in [-0.05, 0) is 32.6 Å². The second-order valence-electron chi connectivity index (χ2n) is 4.26. The molecular formula is C13H22ClN3O2. The van der Waals surface area contributed by atoms with Crippen LogP contribution in [0, 0.1) is 5.41 Å². The molecule has 0 bridgehead atoms. The minimum Gasteiger partial charge on any atom is -0.493 e. The second-order valence-corrected chi connectivity index (χ2v) is 4.26. The normalized spacial score (nSPS) is 9.89. The molecule has 1 rings (SSSR count). The van der Waals surface area contributed by atoms with Crippen molar-refractivity contribution in [3.63, 3.8) is 0 Å². The van der Waals surface area contributed by atoms with E-state index >= 15 is 0 Å². The quantitative estimate of drug-likeness (QED) is 0.455. The molecule has 0 saturated heterocycles. The van der Waals surface area contributed by atoms with Crippen molar-refractivity contribution in [1.82, 2.24) is 4.90 Å². The highest BCUT2D eigenvalue weighted by Gasteiger charge is 2.12. The summed E-state index contributed by atoms with van der Waals surface area (Å²) in [6.45, 7) is 1.52. The van der Waals surface area contributed by atoms with Crippen LogP contribution in [0.1, 0.15) is 12.0 Å². The molecule has 0 unspecified atom stereocenters. The summed E-state index contributed by atoms with van der Waals surface area (Å²) in [7, 11) is 5.61. The Morgan fingerprint density at radius 3 is 2.58 bits per heavy atom. The first-order valence-corrected chi connectivity index (χ1v) is 5.85. The van der Waals surface area contributed by atoms with Crippen molar-refractivity contribution in [1.29, 1.82) is 5.41 Å². The Balaban J connectivity index is 0.00000324. The summed E-state index contributed by atoms with van der Waals surface area (Å²) >= 11 is 0. The number of nitrogens with two attached hydrogens (primary N) is 1. The van der Waals surface area contributed by atoms with Crippen molar-refractivity contribution in [2.75, 3.05) is 34.4 Å². The molecule has 0 heterocycles. The van der Waals surface area contributed by atoms with E-state index in [1.54, 1.807) is 25.3 Å². The molecule has 0 aromatic heterocycles. The van der Waals surface area contributed by atoms with Crippen LogP contribution in [0.2, 0.25) is 0 Å². The Morgan fingerprint density at radius 2 is 2.05 bits per heavy atom. The molecular weight excluding hydrogens is 266 g/mol. The molecule has 0 aliphatic carbocycles. The number of methoxy groups -OCH3 is 1. The smallest absolute Gasteiger partial charge is 0.172 e. The number of nitrogens with zero attached hydrogens (tertiary/aromatic N) is 1. The van der Waals surface area contributed by atoms with Crippen LogP contribution in [0.3, 0.4) is 0 Å². The molecule has 0 aliphatic rings. The predicted molar refractivity (Wildman–Crippen MR) is 79.9 cm³/mol. The molecule has 0 amide bonds. The SMILES string of the molecule is COc1cccc(C(=N)N)c1OCCCN(C)C.Cl. The highest BCUT2D eigenvalue weighted by atomic mass is 35.5. The number of halogens is 1. The lowest BCUT2D eigenvalue weighted by Gasteiger charge is -2.15. The van der Waals surface area contributed by atoms with Crippen LogP contribution < -0.4 is 15.2 Å². The number of nitrogen functional groups attached to an aromatic ring is 1. The Bertz CT molecular complexity index is 411. The Hall–Kier alpha value is -1.46. The van der Waals surface area contributed by atoms with Gasteiger partial charge in [-0.1, -0.05) is 6.07 Å². The van der Waals surface area contributed by atoms with Crippen molar-refractivity contribution in [3.8, 4) is 11.5 Å². The van der Waals surface area contributed by atoms with Gasteiger partial charge in [-0.3, -0.25) is 5.41 Å². The number of amidine groups is 1. The molecule has 0 spiro atoms. The highest BCUT2D eigenvalue weighted by Crippen LogP contribution is 2.30. The van der Waals surface area contributed by atoms with Gasteiger partial charge in [0.1, 0.15) is 5.84 Å². The van der Waals surface area contributed by atoms with Crippen molar-refractivity contribution < 1.29 is 9.47 Å². The van der Waals surface area contributed by atoms with Crippen LogP contribution in [-0.4, -0.2) is 45.1 Å². The average molecular weight is 288 g/mol. The first-order valence-electron chi connectivity index (χ1n) is 5.85. The first kappa shape index (κ1) is 17.5. The lowest BCUT2D eigenvalue weighted by molar-refractivity contribution is 0.268. The van der Waals surface area contributed by atoms with E-state index in [-0.39, 0.29) is 18.2 Å². The number of hydrogen-bond acceptors (Lipinski definition) is 4. The van der Waals surface area contributed by atoms with Gasteiger partial charge < -0.3 is 20.1 Å². The van der Waals surface area contributed by atoms with Crippen molar-refractivity contribution in [2.24, 2.45) is 5.73 Å². The van der Waals surface area contributed by atoms with E-state index < -0.39 is 0 Å². The summed E-state index contributed by atoms with van der Waals surface area (Å²) in [4.78, 5) is 2.09. The third-order valence-electron chi connectivity index (χ3n) is 2.49. The topological polar surface area (TPSA) is 71.6 Å². The fourth-order valence-electron chi connectivity index (χ4n) is 1.59. The molecule has 1 aromatic rings. The number of hydrogen-bond donors (Lipinski definition) is 2. The van der Waals surface area contributed by atoms with Crippen molar-refractivity contribution >= 4 is 18.2 Å². The molecule has 3 N–H and O–H groups in total. The van der Waals surface area contributed by atoms with Gasteiger partial charge in [-0.25, -0.2) is 0 Å². The number of rotatable bonds is 7. The third-order valence-corrected chi connectivity index (χ3v) is 2.49. The molecule has 19 heavy (non-hydrogen) atoms. The summed E-state index contributed by atoms with van der Waals surface area (Å²) in [6, 6.07) is 5.35. The molecule has 5 nitrogen and oxygen atoms in total. The van der Waals surface area contributed by atoms with E-state index in [0.29, 0.717) is 23.7 Å². The summed E-state index contributed by atoms with van der Waals surface area (Å²) in [5.74, 6) is 1.13. The van der Waals surface area contributed by atoms with Crippen LogP contribution in [-0.2, 0) is 0 Å². The molecule has 0 atom stereocenters. The molecule has 0 aliphatic heterocycles. The van der Waals surface area contributed by atoms with Gasteiger partial charge in [0.2, 0.25) is 0 Å². The summed E-state index contributed by atoms with van der Waals surface area (Å²) < 4.78 is 10.9. The van der Waals surface area contributed by atoms with Crippen LogP contribution in [0.15, 0.2) is 18.2 Å². The predicted octanol–water partition coefficient (Wildman–Crippen LogP) is 1.73. The Labute approximate surface area is 120 Å². The number of ether oxygens (including phenoxy) is 2. The van der Waals surface area contributed by atoms with Gasteiger partial charge in [-0.15, -0.1) is 12.4 Å². The van der Waals surface area contributed by atoms with E-state index in [9.17, 15) is 0 Å². The van der Waals surface area contributed by atoms with Crippen LogP contribution >= 0.6 is 12.4 Å². The highest BCUT2D eigenvalue weighted by molar-refractivity contribution is 5.98. The molecule has 108 valence electrons. The minimum atomic E-state index is -0.0171. The largest absolute Gasteiger partial charge is 0.493 e. The van der Waals surface area contributed by atoms with Crippen LogP contribution in [0.5, 0.6) is 11.5 Å². The maximum atomic E-state index is 7.53. The number of para-hydroxylation sites is 1. The van der Waals surface area contributed by atoms with E-state index in [0.717, 1.165) is 13.0 Å². The molecule has 0 radical (unpaired) electrons. The zero-order valence-corrected chi connectivity index (χ0v) is 12.4. The molecule has 0 saturated carbocycles. The summed E-state index contributed by atoms with van der Waals surface area (Å²) in [5, 5.41) is 7.53. The van der Waals surface area contributed by atoms with Gasteiger partial charge >= 0.3 is 0 Å². The van der Waals surface area contributed by atoms with Gasteiger partial charge in [0.15, 0.2) is 11.5 Å². The molecule has 6 heteroatoms. The van der Waals surface area contributed by atoms with Gasteiger partial charge in [-0.2, -0.15) is 0 Å². The minimum absolute atomic E-state index is 0. The lowest BCUT2D eigenvalue weighted by Crippen LogP contribution is -2.17. The Kier molecular flexibility index (Phi) is 7.95. The lowest BCUT2D eigenvalue weighted by atomic mass is 10.1. The fourth-order valence-corrected chi connectivity index (χ4v) is 1.59.